The van der Waals surface area contributed by atoms with Gasteiger partial charge in [-0.2, -0.15) is 0 Å². The molecule has 122 valence electrons. The Morgan fingerprint density at radius 2 is 1.86 bits per heavy atom. The molecule has 0 saturated heterocycles. The highest BCUT2D eigenvalue weighted by molar-refractivity contribution is 7.13. The minimum atomic E-state index is -0.741. The van der Waals surface area contributed by atoms with Crippen LogP contribution in [0, 0.1) is 0 Å². The summed E-state index contributed by atoms with van der Waals surface area (Å²) in [4.78, 5) is 23.6. The highest BCUT2D eigenvalue weighted by Crippen LogP contribution is 2.04. The largest absolute Gasteiger partial charge is 0.368 e. The molecular weight excluding hydrogens is 299 g/mol. The zero-order valence-electron chi connectivity index (χ0n) is 12.6. The lowest BCUT2D eigenvalue weighted by Crippen LogP contribution is -2.51. The second kappa shape index (κ2) is 10.3. The maximum Gasteiger partial charge on any atom is 0.240 e. The van der Waals surface area contributed by atoms with Crippen molar-refractivity contribution in [1.82, 2.24) is 10.4 Å². The third-order valence-electron chi connectivity index (χ3n) is 3.37. The molecular formula is C15H25N4O2P. The third kappa shape index (κ3) is 6.98. The lowest BCUT2D eigenvalue weighted by Gasteiger charge is -2.18. The first kappa shape index (κ1) is 18.6. The topological polar surface area (TPSA) is 110 Å². The summed E-state index contributed by atoms with van der Waals surface area (Å²) in [5, 5.41) is 5.61. The van der Waals surface area contributed by atoms with E-state index in [4.69, 9.17) is 11.5 Å². The van der Waals surface area contributed by atoms with Gasteiger partial charge in [0.15, 0.2) is 0 Å². The quantitative estimate of drug-likeness (QED) is 0.361. The predicted octanol–water partition coefficient (Wildman–Crippen LogP) is 0.0765. The summed E-state index contributed by atoms with van der Waals surface area (Å²) in [5.74, 6) is -0.893. The number of nitrogens with two attached hydrogens (primary N) is 2. The van der Waals surface area contributed by atoms with E-state index < -0.39 is 18.0 Å². The van der Waals surface area contributed by atoms with Gasteiger partial charge in [-0.25, -0.2) is 0 Å². The molecule has 0 radical (unpaired) electrons. The van der Waals surface area contributed by atoms with Crippen LogP contribution < -0.4 is 21.9 Å². The van der Waals surface area contributed by atoms with Crippen LogP contribution >= 0.6 is 9.39 Å². The Labute approximate surface area is 133 Å². The second-order valence-corrected chi connectivity index (χ2v) is 5.62. The van der Waals surface area contributed by atoms with E-state index in [9.17, 15) is 9.59 Å². The van der Waals surface area contributed by atoms with Crippen LogP contribution in [0.25, 0.3) is 0 Å². The van der Waals surface area contributed by atoms with Crippen LogP contribution in [0.2, 0.25) is 0 Å². The van der Waals surface area contributed by atoms with Crippen LogP contribution in [0.15, 0.2) is 30.3 Å². The van der Waals surface area contributed by atoms with Crippen LogP contribution in [0.4, 0.5) is 0 Å². The van der Waals surface area contributed by atoms with Gasteiger partial charge in [-0.3, -0.25) is 9.59 Å². The average molecular weight is 324 g/mol. The van der Waals surface area contributed by atoms with Crippen molar-refractivity contribution in [3.63, 3.8) is 0 Å². The molecule has 0 aromatic heterocycles. The van der Waals surface area contributed by atoms with Gasteiger partial charge in [0.25, 0.3) is 0 Å². The van der Waals surface area contributed by atoms with Gasteiger partial charge in [0.05, 0.1) is 6.04 Å². The normalized spacial score (nSPS) is 13.4. The molecule has 0 bridgehead atoms. The molecule has 0 heterocycles. The average Bonchev–Trinajstić information content (AvgIpc) is 2.51. The standard InChI is InChI=1S/C15H25N4O2P/c16-12(8-4-5-9-18-22)15(21)19-13(14(17)20)10-11-6-2-1-3-7-11/h1-3,6-7,12-13,18H,4-5,8-10,16,22H2,(H2,17,20)(H,19,21)/t12-,13-/m0/s1. The first-order valence-corrected chi connectivity index (χ1v) is 7.95. The molecule has 0 spiro atoms. The maximum atomic E-state index is 12.0. The summed E-state index contributed by atoms with van der Waals surface area (Å²) in [7, 11) is 2.43. The molecule has 6 nitrogen and oxygen atoms in total. The van der Waals surface area contributed by atoms with E-state index in [1.165, 1.54) is 0 Å². The van der Waals surface area contributed by atoms with Crippen molar-refractivity contribution in [2.75, 3.05) is 6.54 Å². The molecule has 1 unspecified atom stereocenters. The fourth-order valence-electron chi connectivity index (χ4n) is 2.07. The van der Waals surface area contributed by atoms with Crippen LogP contribution in [0.3, 0.4) is 0 Å². The number of benzene rings is 1. The summed E-state index contributed by atoms with van der Waals surface area (Å²) in [6, 6.07) is 8.05. The minimum Gasteiger partial charge on any atom is -0.368 e. The fourth-order valence-corrected chi connectivity index (χ4v) is 2.28. The van der Waals surface area contributed by atoms with E-state index in [0.29, 0.717) is 12.8 Å². The molecule has 0 fully saturated rings. The molecule has 1 rings (SSSR count). The van der Waals surface area contributed by atoms with Gasteiger partial charge in [-0.05, 0) is 24.9 Å². The van der Waals surface area contributed by atoms with Gasteiger partial charge in [-0.1, -0.05) is 46.1 Å². The van der Waals surface area contributed by atoms with Gasteiger partial charge in [0.2, 0.25) is 11.8 Å². The molecule has 6 N–H and O–H groups in total. The van der Waals surface area contributed by atoms with Crippen molar-refractivity contribution in [3.8, 4) is 0 Å². The van der Waals surface area contributed by atoms with Crippen molar-refractivity contribution in [3.05, 3.63) is 35.9 Å². The van der Waals surface area contributed by atoms with Crippen molar-refractivity contribution < 1.29 is 9.59 Å². The van der Waals surface area contributed by atoms with Gasteiger partial charge >= 0.3 is 0 Å². The summed E-state index contributed by atoms with van der Waals surface area (Å²) in [5.41, 5.74) is 12.2. The van der Waals surface area contributed by atoms with Crippen LogP contribution in [-0.2, 0) is 16.0 Å². The van der Waals surface area contributed by atoms with E-state index in [-0.39, 0.29) is 5.91 Å². The molecule has 0 saturated carbocycles. The lowest BCUT2D eigenvalue weighted by atomic mass is 10.0. The smallest absolute Gasteiger partial charge is 0.240 e. The van der Waals surface area contributed by atoms with Gasteiger partial charge in [-0.15, -0.1) is 0 Å². The van der Waals surface area contributed by atoms with E-state index in [1.54, 1.807) is 0 Å². The second-order valence-electron chi connectivity index (χ2n) is 5.21. The molecule has 7 heteroatoms. The number of amides is 2. The molecule has 1 aromatic carbocycles. The third-order valence-corrected chi connectivity index (χ3v) is 3.65. The molecule has 1 aromatic rings. The first-order valence-electron chi connectivity index (χ1n) is 7.37. The Kier molecular flexibility index (Phi) is 8.67. The number of unbranched alkanes of at least 4 members (excludes halogenated alkanes) is 1. The van der Waals surface area contributed by atoms with Crippen LogP contribution in [0.5, 0.6) is 0 Å². The van der Waals surface area contributed by atoms with Gasteiger partial charge in [0.1, 0.15) is 6.04 Å². The Morgan fingerprint density at radius 1 is 1.18 bits per heavy atom. The van der Waals surface area contributed by atoms with E-state index in [1.807, 2.05) is 30.3 Å². The van der Waals surface area contributed by atoms with E-state index in [0.717, 1.165) is 24.9 Å². The lowest BCUT2D eigenvalue weighted by molar-refractivity contribution is -0.128. The number of hydrogen-bond acceptors (Lipinski definition) is 4. The molecule has 2 amide bonds. The van der Waals surface area contributed by atoms with Crippen molar-refractivity contribution >= 4 is 21.2 Å². The highest BCUT2D eigenvalue weighted by Gasteiger charge is 2.21. The molecule has 0 aliphatic rings. The number of primary amides is 1. The minimum absolute atomic E-state index is 0.335. The van der Waals surface area contributed by atoms with Crippen molar-refractivity contribution in [2.45, 2.75) is 37.8 Å². The number of rotatable bonds is 10. The summed E-state index contributed by atoms with van der Waals surface area (Å²) in [6.07, 6.45) is 2.73. The Balaban J connectivity index is 2.48. The first-order chi connectivity index (χ1) is 10.5. The van der Waals surface area contributed by atoms with Crippen molar-refractivity contribution in [1.29, 1.82) is 0 Å². The predicted molar refractivity (Wildman–Crippen MR) is 90.8 cm³/mol. The van der Waals surface area contributed by atoms with Gasteiger partial charge < -0.3 is 21.9 Å². The van der Waals surface area contributed by atoms with Gasteiger partial charge in [0, 0.05) is 6.42 Å². The number of hydrogen-bond donors (Lipinski definition) is 4. The van der Waals surface area contributed by atoms with Crippen LogP contribution in [0.1, 0.15) is 24.8 Å². The van der Waals surface area contributed by atoms with Crippen molar-refractivity contribution in [2.24, 2.45) is 11.5 Å². The SMILES string of the molecule is NC(=O)[C@H](Cc1ccccc1)NC(=O)[C@@H](N)CCCCNP. The summed E-state index contributed by atoms with van der Waals surface area (Å²) >= 11 is 0. The number of carbonyl (C=O) groups is 2. The molecule has 3 atom stereocenters. The summed E-state index contributed by atoms with van der Waals surface area (Å²) < 4.78 is 0. The fraction of sp³-hybridized carbons (Fsp3) is 0.467. The number of nitrogens with one attached hydrogen (secondary N) is 2. The zero-order chi connectivity index (χ0) is 16.4. The van der Waals surface area contributed by atoms with E-state index >= 15 is 0 Å². The summed E-state index contributed by atoms with van der Waals surface area (Å²) in [6.45, 7) is 0.858. The number of carbonyl (C=O) groups excluding carboxylic acids is 2. The monoisotopic (exact) mass is 324 g/mol. The molecule has 0 aliphatic heterocycles. The molecule has 0 aliphatic carbocycles. The Morgan fingerprint density at radius 3 is 2.45 bits per heavy atom. The van der Waals surface area contributed by atoms with E-state index in [2.05, 4.69) is 19.8 Å². The molecule has 22 heavy (non-hydrogen) atoms. The zero-order valence-corrected chi connectivity index (χ0v) is 13.8. The Hall–Kier alpha value is -1.49. The maximum absolute atomic E-state index is 12.0. The van der Waals surface area contributed by atoms with Crippen LogP contribution in [-0.4, -0.2) is 30.4 Å². The highest BCUT2D eigenvalue weighted by atomic mass is 31.0. The Bertz CT molecular complexity index is 470.